The van der Waals surface area contributed by atoms with Crippen LogP contribution in [0.1, 0.15) is 41.5 Å². The Bertz CT molecular complexity index is 1170. The van der Waals surface area contributed by atoms with E-state index in [1.165, 1.54) is 4.57 Å². The maximum absolute atomic E-state index is 13.3. The van der Waals surface area contributed by atoms with Gasteiger partial charge in [0.25, 0.3) is 0 Å². The van der Waals surface area contributed by atoms with E-state index in [0.717, 1.165) is 16.7 Å². The van der Waals surface area contributed by atoms with Crippen molar-refractivity contribution < 1.29 is 24.2 Å². The first kappa shape index (κ1) is 27.3. The first-order valence-corrected chi connectivity index (χ1v) is 12.3. The largest absolute Gasteiger partial charge is 0.443 e. The lowest BCUT2D eigenvalue weighted by molar-refractivity contribution is -0.169. The molecule has 1 N–H and O–H groups in total. The molecule has 2 aromatic heterocycles. The summed E-state index contributed by atoms with van der Waals surface area (Å²) < 4.78 is 12.4. The average molecular weight is 514 g/mol. The summed E-state index contributed by atoms with van der Waals surface area (Å²) in [4.78, 5) is 31.8. The number of aliphatic hydroxyl groups is 1. The second-order valence-corrected chi connectivity index (χ2v) is 10.7. The molecular weight excluding hydrogens is 482 g/mol. The van der Waals surface area contributed by atoms with Gasteiger partial charge in [0, 0.05) is 11.9 Å². The van der Waals surface area contributed by atoms with Crippen LogP contribution in [0.15, 0.2) is 59.9 Å². The highest BCUT2D eigenvalue weighted by Crippen LogP contribution is 2.27. The van der Waals surface area contributed by atoms with E-state index >= 15 is 0 Å². The van der Waals surface area contributed by atoms with Gasteiger partial charge in [0.05, 0.1) is 11.4 Å². The van der Waals surface area contributed by atoms with Crippen LogP contribution >= 0.6 is 11.8 Å². The number of ether oxygens (including phenoxy) is 2. The molecule has 0 aliphatic heterocycles. The molecule has 3 rings (SSSR count). The van der Waals surface area contributed by atoms with Crippen LogP contribution in [0.5, 0.6) is 0 Å². The summed E-state index contributed by atoms with van der Waals surface area (Å²) in [6, 6.07) is 13.9. The number of carbonyl (C=O) groups is 2. The molecule has 192 valence electrons. The van der Waals surface area contributed by atoms with Crippen molar-refractivity contribution in [3.05, 3.63) is 54.7 Å². The lowest BCUT2D eigenvalue weighted by Gasteiger charge is -2.32. The third-order valence-electron chi connectivity index (χ3n) is 4.41. The van der Waals surface area contributed by atoms with Crippen LogP contribution in [-0.4, -0.2) is 60.2 Å². The van der Waals surface area contributed by atoms with Gasteiger partial charge in [0.1, 0.15) is 11.3 Å². The van der Waals surface area contributed by atoms with E-state index in [2.05, 4.69) is 15.2 Å². The Morgan fingerprint density at radius 1 is 1.00 bits per heavy atom. The van der Waals surface area contributed by atoms with Crippen molar-refractivity contribution in [1.82, 2.24) is 19.7 Å². The Morgan fingerprint density at radius 3 is 2.25 bits per heavy atom. The minimum Gasteiger partial charge on any atom is -0.443 e. The van der Waals surface area contributed by atoms with Crippen molar-refractivity contribution in [3.8, 4) is 11.5 Å². The Kier molecular flexibility index (Phi) is 8.49. The van der Waals surface area contributed by atoms with E-state index < -0.39 is 29.6 Å². The molecule has 1 aromatic carbocycles. The molecule has 0 aliphatic carbocycles. The topological polar surface area (TPSA) is 120 Å². The van der Waals surface area contributed by atoms with Gasteiger partial charge in [-0.15, -0.1) is 10.2 Å². The van der Waals surface area contributed by atoms with E-state index in [-0.39, 0.29) is 16.7 Å². The van der Waals surface area contributed by atoms with Crippen LogP contribution in [0, 0.1) is 0 Å². The van der Waals surface area contributed by atoms with Crippen LogP contribution < -0.4 is 4.90 Å². The van der Waals surface area contributed by atoms with Crippen molar-refractivity contribution in [2.45, 2.75) is 64.3 Å². The van der Waals surface area contributed by atoms with Gasteiger partial charge in [-0.1, -0.05) is 36.0 Å². The summed E-state index contributed by atoms with van der Waals surface area (Å²) in [7, 11) is 0. The van der Waals surface area contributed by atoms with E-state index in [0.29, 0.717) is 11.4 Å². The number of aliphatic hydroxyl groups excluding tert-OH is 1. The second kappa shape index (κ2) is 11.2. The van der Waals surface area contributed by atoms with Crippen molar-refractivity contribution in [3.63, 3.8) is 0 Å². The third kappa shape index (κ3) is 7.36. The highest BCUT2D eigenvalue weighted by atomic mass is 32.2. The van der Waals surface area contributed by atoms with E-state index in [1.807, 2.05) is 0 Å². The summed E-state index contributed by atoms with van der Waals surface area (Å²) in [5.41, 5.74) is -0.579. The number of rotatable bonds is 7. The number of thioether (sulfide) groups is 1. The van der Waals surface area contributed by atoms with Crippen LogP contribution in [0.2, 0.25) is 0 Å². The number of aromatic nitrogens is 4. The van der Waals surface area contributed by atoms with Crippen LogP contribution in [-0.2, 0) is 14.3 Å². The fourth-order valence-corrected chi connectivity index (χ4v) is 3.82. The number of hydrogen-bond acceptors (Lipinski definition) is 9. The maximum Gasteiger partial charge on any atom is 0.422 e. The van der Waals surface area contributed by atoms with E-state index in [9.17, 15) is 14.7 Å². The minimum atomic E-state index is -1.52. The molecule has 1 amide bonds. The van der Waals surface area contributed by atoms with Gasteiger partial charge in [-0.2, -0.15) is 0 Å². The number of benzene rings is 1. The van der Waals surface area contributed by atoms with Crippen LogP contribution in [0.25, 0.3) is 11.5 Å². The molecule has 36 heavy (non-hydrogen) atoms. The van der Waals surface area contributed by atoms with Gasteiger partial charge in [-0.05, 0) is 65.8 Å². The summed E-state index contributed by atoms with van der Waals surface area (Å²) in [6.07, 6.45) is -0.638. The van der Waals surface area contributed by atoms with E-state index in [1.54, 1.807) is 96.3 Å². The van der Waals surface area contributed by atoms with Crippen LogP contribution in [0.3, 0.4) is 0 Å². The molecule has 0 spiro atoms. The number of anilines is 1. The molecule has 3 aromatic rings. The third-order valence-corrected chi connectivity index (χ3v) is 5.32. The second-order valence-electron chi connectivity index (χ2n) is 9.78. The fraction of sp³-hybridized carbons (Fsp3) is 0.400. The van der Waals surface area contributed by atoms with Crippen molar-refractivity contribution in [2.75, 3.05) is 10.7 Å². The molecule has 0 fully saturated rings. The number of hydrogen-bond donors (Lipinski definition) is 1. The average Bonchev–Trinajstić information content (AvgIpc) is 3.21. The Labute approximate surface area is 214 Å². The monoisotopic (exact) mass is 513 g/mol. The number of amides is 1. The molecule has 0 aliphatic rings. The quantitative estimate of drug-likeness (QED) is 0.363. The smallest absolute Gasteiger partial charge is 0.422 e. The molecule has 0 saturated heterocycles. The molecular formula is C25H31N5O5S. The first-order chi connectivity index (χ1) is 16.9. The molecule has 2 heterocycles. The lowest BCUT2D eigenvalue weighted by Crippen LogP contribution is -2.46. The zero-order chi connectivity index (χ0) is 26.5. The van der Waals surface area contributed by atoms with Gasteiger partial charge in [-0.3, -0.25) is 14.7 Å². The van der Waals surface area contributed by atoms with Gasteiger partial charge in [-0.25, -0.2) is 9.36 Å². The number of para-hydroxylation sites is 1. The fourth-order valence-electron chi connectivity index (χ4n) is 3.04. The molecule has 11 heteroatoms. The standard InChI is InChI=1S/C25H31N5O5S/c1-24(2,3)34-22(32)29(17-12-8-7-9-13-17)19(31)16-36-21-28-27-20(18-14-10-11-15-26-18)30(21)23(33)35-25(4,5)6/h7-15,22,32H,16H2,1-6H3. The first-order valence-electron chi connectivity index (χ1n) is 11.3. The Morgan fingerprint density at radius 2 is 1.67 bits per heavy atom. The van der Waals surface area contributed by atoms with Gasteiger partial charge < -0.3 is 14.6 Å². The molecule has 1 unspecified atom stereocenters. The summed E-state index contributed by atoms with van der Waals surface area (Å²) in [6.45, 7) is 10.6. The number of pyridine rings is 1. The summed E-state index contributed by atoms with van der Waals surface area (Å²) in [5.74, 6) is -0.431. The molecule has 0 bridgehead atoms. The van der Waals surface area contributed by atoms with Gasteiger partial charge in [0.2, 0.25) is 17.5 Å². The van der Waals surface area contributed by atoms with Gasteiger partial charge in [0.15, 0.2) is 5.82 Å². The zero-order valence-electron chi connectivity index (χ0n) is 21.2. The molecule has 0 radical (unpaired) electrons. The Balaban J connectivity index is 1.90. The lowest BCUT2D eigenvalue weighted by atomic mass is 10.2. The number of carbonyl (C=O) groups excluding carboxylic acids is 2. The van der Waals surface area contributed by atoms with Crippen molar-refractivity contribution >= 4 is 29.4 Å². The minimum absolute atomic E-state index is 0.150. The summed E-state index contributed by atoms with van der Waals surface area (Å²) >= 11 is 0.986. The zero-order valence-corrected chi connectivity index (χ0v) is 22.0. The maximum atomic E-state index is 13.3. The van der Waals surface area contributed by atoms with Crippen molar-refractivity contribution in [2.24, 2.45) is 0 Å². The highest BCUT2D eigenvalue weighted by molar-refractivity contribution is 7.99. The predicted octanol–water partition coefficient (Wildman–Crippen LogP) is 4.34. The molecule has 10 nitrogen and oxygen atoms in total. The van der Waals surface area contributed by atoms with Crippen molar-refractivity contribution in [1.29, 1.82) is 0 Å². The van der Waals surface area contributed by atoms with E-state index in [4.69, 9.17) is 9.47 Å². The number of nitrogens with zero attached hydrogens (tertiary/aromatic N) is 5. The Hall–Kier alpha value is -3.28. The normalized spacial score (nSPS) is 12.8. The molecule has 1 atom stereocenters. The SMILES string of the molecule is CC(C)(C)OC(=O)n1c(SCC(=O)N(c2ccccc2)C(O)OC(C)(C)C)nnc1-c1ccccn1. The van der Waals surface area contributed by atoms with Gasteiger partial charge >= 0.3 is 6.09 Å². The van der Waals surface area contributed by atoms with Crippen LogP contribution in [0.4, 0.5) is 10.5 Å². The highest BCUT2D eigenvalue weighted by Gasteiger charge is 2.30. The molecule has 0 saturated carbocycles. The summed E-state index contributed by atoms with van der Waals surface area (Å²) in [5, 5.41) is 19.2. The predicted molar refractivity (Wildman–Crippen MR) is 136 cm³/mol.